The Balaban J connectivity index is 1.77. The Labute approximate surface area is 319 Å². The molecule has 0 radical (unpaired) electrons. The van der Waals surface area contributed by atoms with Gasteiger partial charge in [-0.1, -0.05) is 101 Å². The summed E-state index contributed by atoms with van der Waals surface area (Å²) in [6.07, 6.45) is 22.4. The lowest BCUT2D eigenvalue weighted by Crippen LogP contribution is -2.69. The molecule has 1 heterocycles. The van der Waals surface area contributed by atoms with Gasteiger partial charge in [0.1, 0.15) is 31.3 Å². The molecule has 296 valence electrons. The summed E-state index contributed by atoms with van der Waals surface area (Å²) >= 11 is 0. The van der Waals surface area contributed by atoms with Crippen LogP contribution >= 0.6 is 0 Å². The first-order valence-corrected chi connectivity index (χ1v) is 20.5. The Bertz CT molecular complexity index is 1360. The number of carbonyl (C=O) groups excluding carboxylic acids is 1. The lowest BCUT2D eigenvalue weighted by atomic mass is 9.55. The molecule has 1 aromatic carbocycles. The number of oxime groups is 1. The van der Waals surface area contributed by atoms with Gasteiger partial charge in [-0.25, -0.2) is 0 Å². The number of hydrogen-bond donors (Lipinski definition) is 2. The zero-order valence-electron chi connectivity index (χ0n) is 32.9. The van der Waals surface area contributed by atoms with Gasteiger partial charge in [0.2, 0.25) is 11.7 Å². The molecule has 9 heteroatoms. The van der Waals surface area contributed by atoms with Crippen molar-refractivity contribution in [3.8, 4) is 11.5 Å². The number of hydrogen-bond acceptors (Lipinski definition) is 8. The number of benzene rings is 1. The first-order chi connectivity index (χ1) is 25.9. The number of likely N-dealkylation sites (N-methyl/N-ethyl adjacent to an activating group) is 1. The third kappa shape index (κ3) is 10.8. The summed E-state index contributed by atoms with van der Waals surface area (Å²) in [6.45, 7) is 11.0. The molecule has 4 rings (SSSR count). The van der Waals surface area contributed by atoms with E-state index < -0.39 is 11.8 Å². The third-order valence-electron chi connectivity index (χ3n) is 11.6. The number of unbranched alkanes of at least 4 members (excludes halogenated alkanes) is 10. The molecule has 1 aliphatic heterocycles. The topological polar surface area (TPSA) is 110 Å². The van der Waals surface area contributed by atoms with Crippen LogP contribution in [0, 0.1) is 17.8 Å². The van der Waals surface area contributed by atoms with Crippen molar-refractivity contribution < 1.29 is 34.1 Å². The van der Waals surface area contributed by atoms with E-state index in [4.69, 9.17) is 19.0 Å². The molecule has 2 aliphatic carbocycles. The van der Waals surface area contributed by atoms with Gasteiger partial charge in [-0.05, 0) is 67.7 Å². The Morgan fingerprint density at radius 3 is 2.30 bits per heavy atom. The lowest BCUT2D eigenvalue weighted by molar-refractivity contribution is -0.255. The number of rotatable bonds is 26. The highest BCUT2D eigenvalue weighted by molar-refractivity contribution is 6.03. The van der Waals surface area contributed by atoms with E-state index in [0.717, 1.165) is 79.7 Å². The highest BCUT2D eigenvalue weighted by Gasteiger charge is 2.65. The van der Waals surface area contributed by atoms with E-state index in [9.17, 15) is 15.0 Å². The molecule has 0 aromatic heterocycles. The Morgan fingerprint density at radius 2 is 1.64 bits per heavy atom. The maximum absolute atomic E-state index is 14.1. The fourth-order valence-electron chi connectivity index (χ4n) is 9.02. The standard InChI is InChI=1S/C44H68N2O7/c1-6-9-10-11-12-13-14-15-16-23-41(49)46(4)40-32-38(45-50-5)36-30-33(21-17-19-26-47)35(22-18-20-27-48)42-37-31-34(51-28-7-2)24-25-39(37)53-44(40,43(36)42)52-29-8-3/h7-8,24-25,30-31,33,35,40,42-43,47-48H,2-3,6,9-23,26-29,32H2,1,4-5H3. The van der Waals surface area contributed by atoms with Crippen molar-refractivity contribution in [3.05, 3.63) is 60.7 Å². The molecule has 6 unspecified atom stereocenters. The molecular formula is C44H68N2O7. The fourth-order valence-corrected chi connectivity index (χ4v) is 9.02. The van der Waals surface area contributed by atoms with Gasteiger partial charge in [0.05, 0.1) is 18.2 Å². The van der Waals surface area contributed by atoms with E-state index >= 15 is 0 Å². The number of ether oxygens (including phenoxy) is 3. The molecule has 0 bridgehead atoms. The van der Waals surface area contributed by atoms with E-state index in [0.29, 0.717) is 25.9 Å². The zero-order chi connectivity index (χ0) is 38.1. The summed E-state index contributed by atoms with van der Waals surface area (Å²) in [7, 11) is 3.46. The summed E-state index contributed by atoms with van der Waals surface area (Å²) in [5, 5.41) is 24.2. The van der Waals surface area contributed by atoms with E-state index in [1.807, 2.05) is 24.1 Å². The normalized spacial score (nSPS) is 25.1. The molecule has 0 saturated heterocycles. The van der Waals surface area contributed by atoms with E-state index in [2.05, 4.69) is 37.4 Å². The number of fused-ring (bicyclic) bond motifs is 2. The molecule has 6 atom stereocenters. The second kappa shape index (κ2) is 22.3. The molecule has 3 aliphatic rings. The van der Waals surface area contributed by atoms with Gasteiger partial charge >= 0.3 is 0 Å². The van der Waals surface area contributed by atoms with Gasteiger partial charge in [-0.3, -0.25) is 4.79 Å². The Hall–Kier alpha value is -3.14. The van der Waals surface area contributed by atoms with Gasteiger partial charge in [0.15, 0.2) is 0 Å². The van der Waals surface area contributed by atoms with Gasteiger partial charge in [-0.2, -0.15) is 0 Å². The van der Waals surface area contributed by atoms with Crippen LogP contribution in [0.1, 0.15) is 128 Å². The van der Waals surface area contributed by atoms with Crippen molar-refractivity contribution >= 4 is 11.6 Å². The average Bonchev–Trinajstić information content (AvgIpc) is 3.17. The largest absolute Gasteiger partial charge is 0.490 e. The predicted octanol–water partition coefficient (Wildman–Crippen LogP) is 8.89. The number of aliphatic hydroxyl groups is 2. The Kier molecular flexibility index (Phi) is 17.9. The third-order valence-corrected chi connectivity index (χ3v) is 11.6. The van der Waals surface area contributed by atoms with Crippen LogP contribution in [-0.4, -0.2) is 79.1 Å². The second-order valence-electron chi connectivity index (χ2n) is 15.1. The van der Waals surface area contributed by atoms with Crippen LogP contribution in [0.25, 0.3) is 0 Å². The lowest BCUT2D eigenvalue weighted by Gasteiger charge is -2.59. The first kappa shape index (κ1) is 42.6. The number of allylic oxidation sites excluding steroid dienone is 1. The van der Waals surface area contributed by atoms with E-state index in [1.54, 1.807) is 19.3 Å². The zero-order valence-corrected chi connectivity index (χ0v) is 32.9. The van der Waals surface area contributed by atoms with Gasteiger partial charge in [0, 0.05) is 44.6 Å². The molecule has 9 nitrogen and oxygen atoms in total. The molecule has 1 amide bonds. The summed E-state index contributed by atoms with van der Waals surface area (Å²) in [4.78, 5) is 21.5. The minimum absolute atomic E-state index is 0.0695. The van der Waals surface area contributed by atoms with Crippen LogP contribution < -0.4 is 9.47 Å². The molecular weight excluding hydrogens is 668 g/mol. The molecule has 0 spiro atoms. The summed E-state index contributed by atoms with van der Waals surface area (Å²) in [6, 6.07) is 5.52. The number of amides is 1. The summed E-state index contributed by atoms with van der Waals surface area (Å²) in [5.41, 5.74) is 2.88. The number of aliphatic hydroxyl groups excluding tert-OH is 2. The second-order valence-corrected chi connectivity index (χ2v) is 15.1. The smallest absolute Gasteiger partial charge is 0.239 e. The van der Waals surface area contributed by atoms with Crippen LogP contribution in [0.15, 0.2) is 60.3 Å². The van der Waals surface area contributed by atoms with Crippen molar-refractivity contribution in [1.29, 1.82) is 0 Å². The quantitative estimate of drug-likeness (QED) is 0.0556. The van der Waals surface area contributed by atoms with E-state index in [-0.39, 0.29) is 49.4 Å². The average molecular weight is 737 g/mol. The van der Waals surface area contributed by atoms with Crippen molar-refractivity contribution in [3.63, 3.8) is 0 Å². The van der Waals surface area contributed by atoms with Crippen LogP contribution in [0.3, 0.4) is 0 Å². The minimum Gasteiger partial charge on any atom is -0.490 e. The van der Waals surface area contributed by atoms with Crippen molar-refractivity contribution in [2.75, 3.05) is 40.6 Å². The summed E-state index contributed by atoms with van der Waals surface area (Å²) < 4.78 is 20.2. The molecule has 53 heavy (non-hydrogen) atoms. The minimum atomic E-state index is -1.22. The van der Waals surface area contributed by atoms with Crippen molar-refractivity contribution in [2.24, 2.45) is 22.9 Å². The maximum Gasteiger partial charge on any atom is 0.239 e. The van der Waals surface area contributed by atoms with Crippen molar-refractivity contribution in [2.45, 2.75) is 134 Å². The van der Waals surface area contributed by atoms with Gasteiger partial charge < -0.3 is 34.2 Å². The van der Waals surface area contributed by atoms with Gasteiger partial charge in [0.25, 0.3) is 0 Å². The first-order valence-electron chi connectivity index (χ1n) is 20.5. The highest BCUT2D eigenvalue weighted by atomic mass is 16.7. The highest BCUT2D eigenvalue weighted by Crippen LogP contribution is 2.61. The number of nitrogens with zero attached hydrogens (tertiary/aromatic N) is 2. The predicted molar refractivity (Wildman–Crippen MR) is 212 cm³/mol. The molecule has 1 fully saturated rings. The number of carbonyl (C=O) groups is 1. The fraction of sp³-hybridized carbons (Fsp3) is 0.682. The molecule has 1 aromatic rings. The van der Waals surface area contributed by atoms with Crippen LogP contribution in [0.2, 0.25) is 0 Å². The van der Waals surface area contributed by atoms with Crippen LogP contribution in [-0.2, 0) is 14.4 Å². The summed E-state index contributed by atoms with van der Waals surface area (Å²) in [5.74, 6) is 0.279. The van der Waals surface area contributed by atoms with Gasteiger partial charge in [-0.15, -0.1) is 6.58 Å². The van der Waals surface area contributed by atoms with Crippen molar-refractivity contribution in [1.82, 2.24) is 4.90 Å². The van der Waals surface area contributed by atoms with Crippen LogP contribution in [0.5, 0.6) is 11.5 Å². The molecule has 2 N–H and O–H groups in total. The SMILES string of the molecule is C=CCOc1ccc2c(c1)C1C(CCCCO)C(CCCCO)C=C3C(=NOC)CC(N(C)C(=O)CCCCCCCCCCC)C(OCC=C)(O2)C31. The van der Waals surface area contributed by atoms with Crippen LogP contribution in [0.4, 0.5) is 0 Å². The molecule has 1 saturated carbocycles. The monoisotopic (exact) mass is 737 g/mol. The Morgan fingerprint density at radius 1 is 0.962 bits per heavy atom. The van der Waals surface area contributed by atoms with E-state index in [1.165, 1.54) is 38.5 Å². The maximum atomic E-state index is 14.1.